The molecular weight excluding hydrogens is 296 g/mol. The SMILES string of the molecule is CC(C)CNC(=O)C1CC(=O)N(c2ccc3c(c2)OCCO3)C1. The first kappa shape index (κ1) is 15.6. The minimum absolute atomic E-state index is 0.0358. The highest BCUT2D eigenvalue weighted by Gasteiger charge is 2.35. The molecule has 124 valence electrons. The van der Waals surface area contributed by atoms with Crippen LogP contribution in [0.15, 0.2) is 18.2 Å². The van der Waals surface area contributed by atoms with E-state index in [1.54, 1.807) is 11.0 Å². The summed E-state index contributed by atoms with van der Waals surface area (Å²) in [7, 11) is 0. The summed E-state index contributed by atoms with van der Waals surface area (Å²) in [4.78, 5) is 26.1. The number of hydrogen-bond donors (Lipinski definition) is 1. The zero-order chi connectivity index (χ0) is 16.4. The molecule has 1 unspecified atom stereocenters. The summed E-state index contributed by atoms with van der Waals surface area (Å²) in [6, 6.07) is 5.45. The number of fused-ring (bicyclic) bond motifs is 1. The second-order valence-corrected chi connectivity index (χ2v) is 6.37. The van der Waals surface area contributed by atoms with Crippen LogP contribution in [0.25, 0.3) is 0 Å². The summed E-state index contributed by atoms with van der Waals surface area (Å²) >= 11 is 0. The predicted molar refractivity (Wildman–Crippen MR) is 85.7 cm³/mol. The van der Waals surface area contributed by atoms with Gasteiger partial charge in [0.2, 0.25) is 11.8 Å². The van der Waals surface area contributed by atoms with Crippen molar-refractivity contribution in [2.45, 2.75) is 20.3 Å². The van der Waals surface area contributed by atoms with E-state index in [9.17, 15) is 9.59 Å². The van der Waals surface area contributed by atoms with Crippen LogP contribution in [0.2, 0.25) is 0 Å². The minimum atomic E-state index is -0.297. The van der Waals surface area contributed by atoms with Crippen LogP contribution in [-0.2, 0) is 9.59 Å². The zero-order valence-electron chi connectivity index (χ0n) is 13.5. The molecule has 2 amide bonds. The van der Waals surface area contributed by atoms with E-state index >= 15 is 0 Å². The highest BCUT2D eigenvalue weighted by atomic mass is 16.6. The average Bonchev–Trinajstić information content (AvgIpc) is 2.94. The van der Waals surface area contributed by atoms with Gasteiger partial charge in [0.1, 0.15) is 13.2 Å². The molecule has 1 aromatic rings. The molecule has 0 bridgehead atoms. The molecule has 2 heterocycles. The van der Waals surface area contributed by atoms with Gasteiger partial charge < -0.3 is 19.7 Å². The molecule has 2 aliphatic heterocycles. The van der Waals surface area contributed by atoms with E-state index < -0.39 is 0 Å². The van der Waals surface area contributed by atoms with Crippen LogP contribution < -0.4 is 19.7 Å². The lowest BCUT2D eigenvalue weighted by Gasteiger charge is -2.22. The Balaban J connectivity index is 1.69. The number of carbonyl (C=O) groups excluding carboxylic acids is 2. The van der Waals surface area contributed by atoms with Gasteiger partial charge in [-0.25, -0.2) is 0 Å². The number of hydrogen-bond acceptors (Lipinski definition) is 4. The van der Waals surface area contributed by atoms with Crippen molar-refractivity contribution >= 4 is 17.5 Å². The van der Waals surface area contributed by atoms with Gasteiger partial charge in [-0.1, -0.05) is 13.8 Å². The summed E-state index contributed by atoms with van der Waals surface area (Å²) in [6.07, 6.45) is 0.248. The van der Waals surface area contributed by atoms with Crippen molar-refractivity contribution in [2.75, 3.05) is 31.2 Å². The fourth-order valence-corrected chi connectivity index (χ4v) is 2.78. The number of ether oxygens (including phenoxy) is 2. The number of amides is 2. The standard InChI is InChI=1S/C17H22N2O4/c1-11(2)9-18-17(21)12-7-16(20)19(10-12)13-3-4-14-15(8-13)23-6-5-22-14/h3-4,8,11-12H,5-7,9-10H2,1-2H3,(H,18,21). The van der Waals surface area contributed by atoms with Crippen molar-refractivity contribution in [3.63, 3.8) is 0 Å². The second kappa shape index (κ2) is 6.48. The molecule has 1 N–H and O–H groups in total. The van der Waals surface area contributed by atoms with Crippen LogP contribution in [0.5, 0.6) is 11.5 Å². The maximum absolute atomic E-state index is 12.3. The van der Waals surface area contributed by atoms with E-state index in [2.05, 4.69) is 5.32 Å². The number of nitrogens with one attached hydrogen (secondary N) is 1. The molecule has 6 nitrogen and oxygen atoms in total. The monoisotopic (exact) mass is 318 g/mol. The number of rotatable bonds is 4. The van der Waals surface area contributed by atoms with E-state index in [1.807, 2.05) is 26.0 Å². The molecule has 3 rings (SSSR count). The van der Waals surface area contributed by atoms with Gasteiger partial charge in [0, 0.05) is 31.3 Å². The number of nitrogens with zero attached hydrogens (tertiary/aromatic N) is 1. The van der Waals surface area contributed by atoms with E-state index in [0.29, 0.717) is 43.7 Å². The summed E-state index contributed by atoms with van der Waals surface area (Å²) < 4.78 is 11.0. The summed E-state index contributed by atoms with van der Waals surface area (Å²) in [5.74, 6) is 1.35. The van der Waals surface area contributed by atoms with Crippen molar-refractivity contribution in [3.05, 3.63) is 18.2 Å². The van der Waals surface area contributed by atoms with Crippen molar-refractivity contribution in [3.8, 4) is 11.5 Å². The summed E-state index contributed by atoms with van der Waals surface area (Å²) in [5.41, 5.74) is 0.749. The first-order valence-electron chi connectivity index (χ1n) is 8.02. The highest BCUT2D eigenvalue weighted by molar-refractivity contribution is 6.00. The fraction of sp³-hybridized carbons (Fsp3) is 0.529. The van der Waals surface area contributed by atoms with Gasteiger partial charge in [0.15, 0.2) is 11.5 Å². The Hall–Kier alpha value is -2.24. The van der Waals surface area contributed by atoms with E-state index in [1.165, 1.54) is 0 Å². The van der Waals surface area contributed by atoms with Crippen molar-refractivity contribution in [2.24, 2.45) is 11.8 Å². The van der Waals surface area contributed by atoms with Crippen LogP contribution in [0.1, 0.15) is 20.3 Å². The average molecular weight is 318 g/mol. The molecule has 2 aliphatic rings. The quantitative estimate of drug-likeness (QED) is 0.915. The Bertz CT molecular complexity index is 615. The molecule has 1 aromatic carbocycles. The number of benzene rings is 1. The van der Waals surface area contributed by atoms with E-state index in [-0.39, 0.29) is 24.2 Å². The molecule has 0 spiro atoms. The molecule has 1 atom stereocenters. The van der Waals surface area contributed by atoms with E-state index in [4.69, 9.17) is 9.47 Å². The first-order valence-corrected chi connectivity index (χ1v) is 8.02. The first-order chi connectivity index (χ1) is 11.0. The Morgan fingerprint density at radius 3 is 2.78 bits per heavy atom. The van der Waals surface area contributed by atoms with Gasteiger partial charge in [0.25, 0.3) is 0 Å². The topological polar surface area (TPSA) is 67.9 Å². The molecule has 0 aromatic heterocycles. The molecule has 0 saturated carbocycles. The number of anilines is 1. The van der Waals surface area contributed by atoms with Gasteiger partial charge in [-0.15, -0.1) is 0 Å². The number of carbonyl (C=O) groups is 2. The molecular formula is C17H22N2O4. The third-order valence-corrected chi connectivity index (χ3v) is 4.02. The predicted octanol–water partition coefficient (Wildman–Crippen LogP) is 1.58. The molecule has 0 radical (unpaired) electrons. The smallest absolute Gasteiger partial charge is 0.227 e. The lowest BCUT2D eigenvalue weighted by atomic mass is 10.1. The van der Waals surface area contributed by atoms with Gasteiger partial charge in [0.05, 0.1) is 5.92 Å². The summed E-state index contributed by atoms with van der Waals surface area (Å²) in [6.45, 7) is 6.16. The Morgan fingerprint density at radius 2 is 2.04 bits per heavy atom. The van der Waals surface area contributed by atoms with Gasteiger partial charge in [-0.05, 0) is 18.1 Å². The van der Waals surface area contributed by atoms with Crippen molar-refractivity contribution in [1.82, 2.24) is 5.32 Å². The zero-order valence-corrected chi connectivity index (χ0v) is 13.5. The minimum Gasteiger partial charge on any atom is -0.486 e. The third kappa shape index (κ3) is 3.41. The Morgan fingerprint density at radius 1 is 1.30 bits per heavy atom. The largest absolute Gasteiger partial charge is 0.486 e. The fourth-order valence-electron chi connectivity index (χ4n) is 2.78. The van der Waals surface area contributed by atoms with Crippen LogP contribution >= 0.6 is 0 Å². The van der Waals surface area contributed by atoms with Gasteiger partial charge in [-0.2, -0.15) is 0 Å². The van der Waals surface area contributed by atoms with Crippen LogP contribution in [0.4, 0.5) is 5.69 Å². The van der Waals surface area contributed by atoms with E-state index in [0.717, 1.165) is 5.69 Å². The van der Waals surface area contributed by atoms with Crippen LogP contribution in [0, 0.1) is 11.8 Å². The maximum atomic E-state index is 12.3. The lowest BCUT2D eigenvalue weighted by molar-refractivity contribution is -0.126. The molecule has 1 saturated heterocycles. The molecule has 6 heteroatoms. The lowest BCUT2D eigenvalue weighted by Crippen LogP contribution is -2.35. The van der Waals surface area contributed by atoms with Crippen molar-refractivity contribution < 1.29 is 19.1 Å². The molecule has 0 aliphatic carbocycles. The van der Waals surface area contributed by atoms with Crippen molar-refractivity contribution in [1.29, 1.82) is 0 Å². The van der Waals surface area contributed by atoms with Gasteiger partial charge >= 0.3 is 0 Å². The molecule has 23 heavy (non-hydrogen) atoms. The Kier molecular flexibility index (Phi) is 4.41. The third-order valence-electron chi connectivity index (χ3n) is 4.02. The van der Waals surface area contributed by atoms with Gasteiger partial charge in [-0.3, -0.25) is 9.59 Å². The normalized spacial score (nSPS) is 20.0. The molecule has 1 fully saturated rings. The Labute approximate surface area is 135 Å². The maximum Gasteiger partial charge on any atom is 0.227 e. The van der Waals surface area contributed by atoms with Crippen LogP contribution in [-0.4, -0.2) is 38.1 Å². The van der Waals surface area contributed by atoms with Crippen LogP contribution in [0.3, 0.4) is 0 Å². The second-order valence-electron chi connectivity index (χ2n) is 6.37. The highest BCUT2D eigenvalue weighted by Crippen LogP contribution is 2.35. The summed E-state index contributed by atoms with van der Waals surface area (Å²) in [5, 5.41) is 2.90.